The van der Waals surface area contributed by atoms with E-state index in [9.17, 15) is 4.79 Å². The Morgan fingerprint density at radius 1 is 1.04 bits per heavy atom. The Morgan fingerprint density at radius 3 is 2.35 bits per heavy atom. The lowest BCUT2D eigenvalue weighted by molar-refractivity contribution is -0.131. The molecule has 0 heterocycles. The van der Waals surface area contributed by atoms with Gasteiger partial charge in [0.1, 0.15) is 5.75 Å². The highest BCUT2D eigenvalue weighted by atomic mass is 16.5. The lowest BCUT2D eigenvalue weighted by Gasteiger charge is -2.22. The molecule has 122 valence electrons. The summed E-state index contributed by atoms with van der Waals surface area (Å²) in [5.41, 5.74) is 7.91. The van der Waals surface area contributed by atoms with E-state index in [1.54, 1.807) is 7.11 Å². The van der Waals surface area contributed by atoms with Crippen molar-refractivity contribution in [3.63, 3.8) is 0 Å². The van der Waals surface area contributed by atoms with Gasteiger partial charge < -0.3 is 15.4 Å². The van der Waals surface area contributed by atoms with Gasteiger partial charge in [-0.1, -0.05) is 42.5 Å². The lowest BCUT2D eigenvalue weighted by Crippen LogP contribution is -2.35. The first-order valence-electron chi connectivity index (χ1n) is 7.87. The molecule has 0 fully saturated rings. The van der Waals surface area contributed by atoms with E-state index >= 15 is 0 Å². The standard InChI is InChI=1S/C19H24N2O2/c1-23-18-10-7-16(8-11-18)9-12-19(22)21(14-13-20)15-17-5-3-2-4-6-17/h2-8,10-11H,9,12-15,20H2,1H3. The van der Waals surface area contributed by atoms with Crippen molar-refractivity contribution in [2.45, 2.75) is 19.4 Å². The zero-order chi connectivity index (χ0) is 16.5. The van der Waals surface area contributed by atoms with Crippen molar-refractivity contribution in [3.05, 3.63) is 65.7 Å². The van der Waals surface area contributed by atoms with Crippen LogP contribution in [0.4, 0.5) is 0 Å². The first-order valence-corrected chi connectivity index (χ1v) is 7.87. The monoisotopic (exact) mass is 312 g/mol. The summed E-state index contributed by atoms with van der Waals surface area (Å²) in [6.45, 7) is 1.66. The van der Waals surface area contributed by atoms with E-state index in [4.69, 9.17) is 10.5 Å². The number of rotatable bonds is 8. The average molecular weight is 312 g/mol. The maximum Gasteiger partial charge on any atom is 0.223 e. The zero-order valence-corrected chi connectivity index (χ0v) is 13.6. The SMILES string of the molecule is COc1ccc(CCC(=O)N(CCN)Cc2ccccc2)cc1. The Morgan fingerprint density at radius 2 is 1.74 bits per heavy atom. The van der Waals surface area contributed by atoms with Crippen molar-refractivity contribution in [1.29, 1.82) is 0 Å². The molecule has 4 heteroatoms. The van der Waals surface area contributed by atoms with Crippen LogP contribution < -0.4 is 10.5 Å². The van der Waals surface area contributed by atoms with Crippen LogP contribution in [0.2, 0.25) is 0 Å². The number of aryl methyl sites for hydroxylation is 1. The van der Waals surface area contributed by atoms with Gasteiger partial charge in [-0.15, -0.1) is 0 Å². The highest BCUT2D eigenvalue weighted by Crippen LogP contribution is 2.13. The van der Waals surface area contributed by atoms with Crippen molar-refractivity contribution in [2.75, 3.05) is 20.2 Å². The molecule has 0 unspecified atom stereocenters. The molecule has 0 aliphatic heterocycles. The van der Waals surface area contributed by atoms with Crippen molar-refractivity contribution in [2.24, 2.45) is 5.73 Å². The summed E-state index contributed by atoms with van der Waals surface area (Å²) in [5.74, 6) is 0.962. The molecule has 0 radical (unpaired) electrons. The number of nitrogens with two attached hydrogens (primary N) is 1. The van der Waals surface area contributed by atoms with Gasteiger partial charge in [0, 0.05) is 26.1 Å². The second-order valence-electron chi connectivity index (χ2n) is 5.44. The molecule has 2 rings (SSSR count). The first-order chi connectivity index (χ1) is 11.2. The fourth-order valence-electron chi connectivity index (χ4n) is 2.45. The fourth-order valence-corrected chi connectivity index (χ4v) is 2.45. The molecule has 0 spiro atoms. The summed E-state index contributed by atoms with van der Waals surface area (Å²) in [7, 11) is 1.65. The highest BCUT2D eigenvalue weighted by Gasteiger charge is 2.13. The largest absolute Gasteiger partial charge is 0.497 e. The maximum atomic E-state index is 12.5. The highest BCUT2D eigenvalue weighted by molar-refractivity contribution is 5.76. The molecule has 2 aromatic carbocycles. The van der Waals surface area contributed by atoms with Crippen LogP contribution in [0.1, 0.15) is 17.5 Å². The Balaban J connectivity index is 1.92. The maximum absolute atomic E-state index is 12.5. The van der Waals surface area contributed by atoms with E-state index in [1.807, 2.05) is 59.5 Å². The van der Waals surface area contributed by atoms with Crippen molar-refractivity contribution >= 4 is 5.91 Å². The summed E-state index contributed by atoms with van der Waals surface area (Å²) >= 11 is 0. The minimum absolute atomic E-state index is 0.134. The van der Waals surface area contributed by atoms with Crippen LogP contribution in [-0.4, -0.2) is 31.0 Å². The summed E-state index contributed by atoms with van der Waals surface area (Å²) in [5, 5.41) is 0. The smallest absolute Gasteiger partial charge is 0.223 e. The van der Waals surface area contributed by atoms with E-state index in [0.717, 1.165) is 23.3 Å². The summed E-state index contributed by atoms with van der Waals surface area (Å²) in [6, 6.07) is 17.8. The van der Waals surface area contributed by atoms with Crippen molar-refractivity contribution in [1.82, 2.24) is 4.90 Å². The molecule has 4 nitrogen and oxygen atoms in total. The number of ether oxygens (including phenoxy) is 1. The van der Waals surface area contributed by atoms with Gasteiger partial charge >= 0.3 is 0 Å². The molecular weight excluding hydrogens is 288 g/mol. The molecule has 0 aromatic heterocycles. The number of carbonyl (C=O) groups is 1. The van der Waals surface area contributed by atoms with Gasteiger partial charge in [0.05, 0.1) is 7.11 Å². The molecule has 2 aromatic rings. The third-order valence-corrected chi connectivity index (χ3v) is 3.75. The van der Waals surface area contributed by atoms with Gasteiger partial charge in [0.2, 0.25) is 5.91 Å². The van der Waals surface area contributed by atoms with Gasteiger partial charge in [0.25, 0.3) is 0 Å². The van der Waals surface area contributed by atoms with Crippen LogP contribution in [0.3, 0.4) is 0 Å². The average Bonchev–Trinajstić information content (AvgIpc) is 2.60. The number of nitrogens with zero attached hydrogens (tertiary/aromatic N) is 1. The van der Waals surface area contributed by atoms with E-state index in [-0.39, 0.29) is 5.91 Å². The number of benzene rings is 2. The second-order valence-corrected chi connectivity index (χ2v) is 5.44. The number of carbonyl (C=O) groups excluding carboxylic acids is 1. The topological polar surface area (TPSA) is 55.6 Å². The molecular formula is C19H24N2O2. The molecule has 0 aliphatic carbocycles. The van der Waals surface area contributed by atoms with E-state index in [1.165, 1.54) is 0 Å². The molecule has 0 atom stereocenters. The number of hydrogen-bond acceptors (Lipinski definition) is 3. The predicted octanol–water partition coefficient (Wildman–Crippen LogP) is 2.62. The first kappa shape index (κ1) is 17.0. The van der Waals surface area contributed by atoms with E-state index in [2.05, 4.69) is 0 Å². The summed E-state index contributed by atoms with van der Waals surface area (Å²) in [6.07, 6.45) is 1.21. The number of amides is 1. The van der Waals surface area contributed by atoms with Crippen LogP contribution in [0.25, 0.3) is 0 Å². The summed E-state index contributed by atoms with van der Waals surface area (Å²) < 4.78 is 5.14. The molecule has 0 saturated heterocycles. The number of methoxy groups -OCH3 is 1. The van der Waals surface area contributed by atoms with Crippen molar-refractivity contribution in [3.8, 4) is 5.75 Å². The minimum atomic E-state index is 0.134. The molecule has 0 bridgehead atoms. The molecule has 0 aliphatic rings. The Kier molecular flexibility index (Phi) is 6.63. The number of hydrogen-bond donors (Lipinski definition) is 1. The normalized spacial score (nSPS) is 10.3. The molecule has 1 amide bonds. The van der Waals surface area contributed by atoms with Gasteiger partial charge in [0.15, 0.2) is 0 Å². The van der Waals surface area contributed by atoms with Crippen LogP contribution in [-0.2, 0) is 17.8 Å². The second kappa shape index (κ2) is 8.96. The predicted molar refractivity (Wildman–Crippen MR) is 92.2 cm³/mol. The molecule has 23 heavy (non-hydrogen) atoms. The van der Waals surface area contributed by atoms with E-state index in [0.29, 0.717) is 26.1 Å². The van der Waals surface area contributed by atoms with Crippen LogP contribution in [0, 0.1) is 0 Å². The third kappa shape index (κ3) is 5.42. The van der Waals surface area contributed by atoms with Crippen molar-refractivity contribution < 1.29 is 9.53 Å². The fraction of sp³-hybridized carbons (Fsp3) is 0.316. The van der Waals surface area contributed by atoms with Gasteiger partial charge in [-0.05, 0) is 29.7 Å². The molecule has 2 N–H and O–H groups in total. The van der Waals surface area contributed by atoms with Crippen LogP contribution in [0.15, 0.2) is 54.6 Å². The quantitative estimate of drug-likeness (QED) is 0.815. The van der Waals surface area contributed by atoms with Gasteiger partial charge in [-0.2, -0.15) is 0 Å². The Bertz CT molecular complexity index is 597. The minimum Gasteiger partial charge on any atom is -0.497 e. The summed E-state index contributed by atoms with van der Waals surface area (Å²) in [4.78, 5) is 14.3. The zero-order valence-electron chi connectivity index (χ0n) is 13.6. The Hall–Kier alpha value is -2.33. The third-order valence-electron chi connectivity index (χ3n) is 3.75. The van der Waals surface area contributed by atoms with Crippen LogP contribution in [0.5, 0.6) is 5.75 Å². The Labute approximate surface area is 137 Å². The van der Waals surface area contributed by atoms with E-state index < -0.39 is 0 Å². The molecule has 0 saturated carbocycles. The lowest BCUT2D eigenvalue weighted by atomic mass is 10.1. The van der Waals surface area contributed by atoms with Crippen LogP contribution >= 0.6 is 0 Å². The van der Waals surface area contributed by atoms with Gasteiger partial charge in [-0.3, -0.25) is 4.79 Å². The van der Waals surface area contributed by atoms with Gasteiger partial charge in [-0.25, -0.2) is 0 Å².